The third-order valence-electron chi connectivity index (χ3n) is 4.06. The normalized spacial score (nSPS) is 15.7. The van der Waals surface area contributed by atoms with Gasteiger partial charge >= 0.3 is 0 Å². The minimum absolute atomic E-state index is 0. The Labute approximate surface area is 150 Å². The lowest BCUT2D eigenvalue weighted by molar-refractivity contribution is -0.137. The van der Waals surface area contributed by atoms with Crippen LogP contribution in [-0.2, 0) is 14.3 Å². The van der Waals surface area contributed by atoms with Crippen LogP contribution in [0.5, 0.6) is 0 Å². The van der Waals surface area contributed by atoms with Crippen molar-refractivity contribution in [2.24, 2.45) is 0 Å². The lowest BCUT2D eigenvalue weighted by atomic mass is 10.1. The van der Waals surface area contributed by atoms with Crippen molar-refractivity contribution >= 4 is 18.3 Å². The van der Waals surface area contributed by atoms with Crippen molar-refractivity contribution in [3.8, 4) is 0 Å². The van der Waals surface area contributed by atoms with Crippen LogP contribution in [-0.4, -0.2) is 45.4 Å². The molecule has 0 aromatic heterocycles. The van der Waals surface area contributed by atoms with Crippen molar-refractivity contribution in [1.82, 2.24) is 10.6 Å². The summed E-state index contributed by atoms with van der Waals surface area (Å²) in [4.78, 5) is 12.5. The summed E-state index contributed by atoms with van der Waals surface area (Å²) in [6.45, 7) is 2.76. The largest absolute Gasteiger partial charge is 0.383 e. The van der Waals surface area contributed by atoms with Gasteiger partial charge in [0.15, 0.2) is 6.10 Å². The van der Waals surface area contributed by atoms with Crippen LogP contribution in [0.25, 0.3) is 0 Å². The summed E-state index contributed by atoms with van der Waals surface area (Å²) in [6.07, 6.45) is 4.17. The first-order valence-electron chi connectivity index (χ1n) is 8.49. The van der Waals surface area contributed by atoms with Gasteiger partial charge in [-0.3, -0.25) is 4.79 Å². The number of halogens is 1. The van der Waals surface area contributed by atoms with Crippen LogP contribution in [0.15, 0.2) is 30.3 Å². The average Bonchev–Trinajstić information content (AvgIpc) is 3.09. The van der Waals surface area contributed by atoms with Crippen molar-refractivity contribution in [2.45, 2.75) is 37.9 Å². The van der Waals surface area contributed by atoms with Crippen LogP contribution in [0.1, 0.15) is 37.4 Å². The van der Waals surface area contributed by atoms with Crippen LogP contribution in [0.4, 0.5) is 0 Å². The molecule has 5 nitrogen and oxygen atoms in total. The number of hydrogen-bond donors (Lipinski definition) is 2. The molecule has 1 aromatic rings. The van der Waals surface area contributed by atoms with Crippen molar-refractivity contribution in [2.75, 3.05) is 33.4 Å². The lowest BCUT2D eigenvalue weighted by Crippen LogP contribution is -2.37. The Balaban J connectivity index is 0.00000288. The molecule has 1 aliphatic rings. The standard InChI is InChI=1S/C18H28N2O3.ClH/c1-22-14-13-19-11-12-20-18(21)17(15-7-3-2-4-8-15)23-16-9-5-6-10-16;/h2-4,7-8,16-17,19H,5-6,9-14H2,1H3,(H,20,21);1H. The molecule has 2 rings (SSSR count). The van der Waals surface area contributed by atoms with E-state index in [1.807, 2.05) is 30.3 Å². The fourth-order valence-electron chi connectivity index (χ4n) is 2.80. The van der Waals surface area contributed by atoms with E-state index in [-0.39, 0.29) is 24.4 Å². The molecule has 6 heteroatoms. The van der Waals surface area contributed by atoms with Crippen LogP contribution in [0.2, 0.25) is 0 Å². The Morgan fingerprint density at radius 3 is 2.54 bits per heavy atom. The highest BCUT2D eigenvalue weighted by Gasteiger charge is 2.26. The average molecular weight is 357 g/mol. The number of benzene rings is 1. The van der Waals surface area contributed by atoms with E-state index in [0.717, 1.165) is 31.5 Å². The summed E-state index contributed by atoms with van der Waals surface area (Å²) < 4.78 is 11.1. The Hall–Kier alpha value is -1.14. The molecule has 0 radical (unpaired) electrons. The molecule has 1 aromatic carbocycles. The molecule has 2 N–H and O–H groups in total. The molecule has 1 amide bonds. The molecule has 1 atom stereocenters. The number of rotatable bonds is 10. The molecular weight excluding hydrogens is 328 g/mol. The minimum atomic E-state index is -0.515. The second-order valence-electron chi connectivity index (χ2n) is 5.87. The fraction of sp³-hybridized carbons (Fsp3) is 0.611. The molecule has 0 aliphatic heterocycles. The van der Waals surface area contributed by atoms with Gasteiger partial charge in [0.1, 0.15) is 0 Å². The molecule has 1 unspecified atom stereocenters. The number of amides is 1. The van der Waals surface area contributed by atoms with Gasteiger partial charge in [-0.25, -0.2) is 0 Å². The monoisotopic (exact) mass is 356 g/mol. The third kappa shape index (κ3) is 7.18. The number of methoxy groups -OCH3 is 1. The first-order valence-corrected chi connectivity index (χ1v) is 8.49. The van der Waals surface area contributed by atoms with E-state index < -0.39 is 6.10 Å². The van der Waals surface area contributed by atoms with E-state index in [2.05, 4.69) is 10.6 Å². The van der Waals surface area contributed by atoms with Gasteiger partial charge in [0, 0.05) is 26.7 Å². The molecule has 24 heavy (non-hydrogen) atoms. The van der Waals surface area contributed by atoms with E-state index in [1.54, 1.807) is 7.11 Å². The number of hydrogen-bond acceptors (Lipinski definition) is 4. The number of ether oxygens (including phenoxy) is 2. The van der Waals surface area contributed by atoms with Gasteiger partial charge < -0.3 is 20.1 Å². The van der Waals surface area contributed by atoms with Gasteiger partial charge in [-0.05, 0) is 18.4 Å². The van der Waals surface area contributed by atoms with E-state index in [0.29, 0.717) is 13.2 Å². The smallest absolute Gasteiger partial charge is 0.253 e. The summed E-state index contributed by atoms with van der Waals surface area (Å²) >= 11 is 0. The molecule has 1 aliphatic carbocycles. The minimum Gasteiger partial charge on any atom is -0.383 e. The van der Waals surface area contributed by atoms with Crippen molar-refractivity contribution < 1.29 is 14.3 Å². The van der Waals surface area contributed by atoms with E-state index in [9.17, 15) is 4.79 Å². The molecule has 1 fully saturated rings. The van der Waals surface area contributed by atoms with Gasteiger partial charge in [0.05, 0.1) is 12.7 Å². The molecule has 0 saturated heterocycles. The SMILES string of the molecule is COCCNCCNC(=O)C(OC1CCCC1)c1ccccc1.Cl. The second kappa shape index (κ2) is 12.3. The highest BCUT2D eigenvalue weighted by Crippen LogP contribution is 2.27. The Morgan fingerprint density at radius 1 is 1.17 bits per heavy atom. The molecule has 136 valence electrons. The molecule has 0 spiro atoms. The van der Waals surface area contributed by atoms with Gasteiger partial charge in [0.2, 0.25) is 0 Å². The summed E-state index contributed by atoms with van der Waals surface area (Å²) in [5, 5.41) is 6.18. The zero-order chi connectivity index (χ0) is 16.3. The van der Waals surface area contributed by atoms with Gasteiger partial charge in [-0.15, -0.1) is 12.4 Å². The van der Waals surface area contributed by atoms with Gasteiger partial charge in [-0.2, -0.15) is 0 Å². The Bertz CT molecular complexity index is 453. The van der Waals surface area contributed by atoms with Gasteiger partial charge in [0.25, 0.3) is 5.91 Å². The van der Waals surface area contributed by atoms with E-state index in [4.69, 9.17) is 9.47 Å². The van der Waals surface area contributed by atoms with Crippen molar-refractivity contribution in [3.63, 3.8) is 0 Å². The highest BCUT2D eigenvalue weighted by atomic mass is 35.5. The topological polar surface area (TPSA) is 59.6 Å². The van der Waals surface area contributed by atoms with Crippen LogP contribution in [0, 0.1) is 0 Å². The highest BCUT2D eigenvalue weighted by molar-refractivity contribution is 5.85. The fourth-order valence-corrected chi connectivity index (χ4v) is 2.80. The quantitative estimate of drug-likeness (QED) is 0.632. The molecule has 0 heterocycles. The summed E-state index contributed by atoms with van der Waals surface area (Å²) in [6, 6.07) is 9.75. The summed E-state index contributed by atoms with van der Waals surface area (Å²) in [7, 11) is 1.67. The summed E-state index contributed by atoms with van der Waals surface area (Å²) in [5.74, 6) is -0.0587. The number of carbonyl (C=O) groups is 1. The Morgan fingerprint density at radius 2 is 1.88 bits per heavy atom. The maximum Gasteiger partial charge on any atom is 0.253 e. The zero-order valence-electron chi connectivity index (χ0n) is 14.3. The Kier molecular flexibility index (Phi) is 10.7. The molecule has 0 bridgehead atoms. The van der Waals surface area contributed by atoms with E-state index in [1.165, 1.54) is 12.8 Å². The van der Waals surface area contributed by atoms with Gasteiger partial charge in [-0.1, -0.05) is 43.2 Å². The zero-order valence-corrected chi connectivity index (χ0v) is 15.1. The first-order chi connectivity index (χ1) is 11.3. The third-order valence-corrected chi connectivity index (χ3v) is 4.06. The van der Waals surface area contributed by atoms with Crippen LogP contribution >= 0.6 is 12.4 Å². The predicted molar refractivity (Wildman–Crippen MR) is 97.5 cm³/mol. The van der Waals surface area contributed by atoms with Crippen LogP contribution in [0.3, 0.4) is 0 Å². The number of nitrogens with one attached hydrogen (secondary N) is 2. The maximum absolute atomic E-state index is 12.5. The summed E-state index contributed by atoms with van der Waals surface area (Å²) in [5.41, 5.74) is 0.921. The number of carbonyl (C=O) groups excluding carboxylic acids is 1. The van der Waals surface area contributed by atoms with Crippen molar-refractivity contribution in [1.29, 1.82) is 0 Å². The maximum atomic E-state index is 12.5. The first kappa shape index (κ1) is 20.9. The van der Waals surface area contributed by atoms with E-state index >= 15 is 0 Å². The second-order valence-corrected chi connectivity index (χ2v) is 5.87. The predicted octanol–water partition coefficient (Wildman–Crippen LogP) is 2.46. The van der Waals surface area contributed by atoms with Crippen molar-refractivity contribution in [3.05, 3.63) is 35.9 Å². The molecule has 1 saturated carbocycles. The molecular formula is C18H29ClN2O3. The lowest BCUT2D eigenvalue weighted by Gasteiger charge is -2.22. The van der Waals surface area contributed by atoms with Crippen LogP contribution < -0.4 is 10.6 Å².